The van der Waals surface area contributed by atoms with Gasteiger partial charge in [-0.1, -0.05) is 0 Å². The van der Waals surface area contributed by atoms with Crippen LogP contribution in [0.1, 0.15) is 13.8 Å². The first-order chi connectivity index (χ1) is 5.07. The standard InChI is InChI=1S/C6H12O4S2/c1-5(11(3,7)8)6(2)12(4,9)10/h1-4H3/b6-5-. The maximum absolute atomic E-state index is 10.9. The molecule has 0 atom stereocenters. The Morgan fingerprint density at radius 3 is 1.00 bits per heavy atom. The van der Waals surface area contributed by atoms with Crippen molar-refractivity contribution in [1.29, 1.82) is 0 Å². The lowest BCUT2D eigenvalue weighted by atomic mass is 10.6. The van der Waals surface area contributed by atoms with E-state index in [0.717, 1.165) is 12.5 Å². The van der Waals surface area contributed by atoms with Crippen LogP contribution in [0.15, 0.2) is 9.81 Å². The van der Waals surface area contributed by atoms with E-state index in [-0.39, 0.29) is 9.81 Å². The largest absolute Gasteiger partial charge is 0.224 e. The molecule has 0 aliphatic rings. The molecule has 0 rings (SSSR count). The molecule has 4 nitrogen and oxygen atoms in total. The van der Waals surface area contributed by atoms with E-state index < -0.39 is 19.7 Å². The highest BCUT2D eigenvalue weighted by molar-refractivity contribution is 7.98. The van der Waals surface area contributed by atoms with Gasteiger partial charge in [0.15, 0.2) is 19.7 Å². The van der Waals surface area contributed by atoms with E-state index in [2.05, 4.69) is 0 Å². The minimum Gasteiger partial charge on any atom is -0.224 e. The average Bonchev–Trinajstić information content (AvgIpc) is 1.80. The van der Waals surface area contributed by atoms with Crippen molar-refractivity contribution in [2.24, 2.45) is 0 Å². The summed E-state index contributed by atoms with van der Waals surface area (Å²) in [7, 11) is -6.77. The molecule has 0 aromatic heterocycles. The van der Waals surface area contributed by atoms with E-state index in [9.17, 15) is 16.8 Å². The molecule has 0 bridgehead atoms. The van der Waals surface area contributed by atoms with Crippen LogP contribution in [-0.2, 0) is 19.7 Å². The van der Waals surface area contributed by atoms with Gasteiger partial charge in [0.2, 0.25) is 0 Å². The van der Waals surface area contributed by atoms with Crippen molar-refractivity contribution >= 4 is 19.7 Å². The molecular formula is C6H12O4S2. The average molecular weight is 212 g/mol. The Balaban J connectivity index is 5.58. The van der Waals surface area contributed by atoms with Crippen molar-refractivity contribution in [1.82, 2.24) is 0 Å². The summed E-state index contributed by atoms with van der Waals surface area (Å²) in [5, 5.41) is 0. The van der Waals surface area contributed by atoms with Crippen LogP contribution in [0.25, 0.3) is 0 Å². The van der Waals surface area contributed by atoms with Crippen molar-refractivity contribution < 1.29 is 16.8 Å². The van der Waals surface area contributed by atoms with Gasteiger partial charge in [-0.05, 0) is 13.8 Å². The zero-order valence-corrected chi connectivity index (χ0v) is 9.08. The Morgan fingerprint density at radius 2 is 0.917 bits per heavy atom. The van der Waals surface area contributed by atoms with Crippen LogP contribution in [0.5, 0.6) is 0 Å². The molecule has 72 valence electrons. The Bertz CT molecular complexity index is 357. The zero-order valence-electron chi connectivity index (χ0n) is 7.45. The Morgan fingerprint density at radius 1 is 0.750 bits per heavy atom. The van der Waals surface area contributed by atoms with Gasteiger partial charge in [0, 0.05) is 12.5 Å². The maximum Gasteiger partial charge on any atom is 0.172 e. The smallest absolute Gasteiger partial charge is 0.172 e. The Labute approximate surface area is 73.1 Å². The highest BCUT2D eigenvalue weighted by Gasteiger charge is 2.15. The highest BCUT2D eigenvalue weighted by atomic mass is 32.2. The lowest BCUT2D eigenvalue weighted by Crippen LogP contribution is -2.06. The quantitative estimate of drug-likeness (QED) is 0.661. The summed E-state index contributed by atoms with van der Waals surface area (Å²) in [5.74, 6) is 0. The van der Waals surface area contributed by atoms with Crippen molar-refractivity contribution in [3.63, 3.8) is 0 Å². The van der Waals surface area contributed by atoms with E-state index >= 15 is 0 Å². The summed E-state index contributed by atoms with van der Waals surface area (Å²) in [5.41, 5.74) is 0. The first-order valence-corrected chi connectivity index (χ1v) is 6.92. The van der Waals surface area contributed by atoms with E-state index in [1.165, 1.54) is 13.8 Å². The number of hydrogen-bond donors (Lipinski definition) is 0. The van der Waals surface area contributed by atoms with E-state index in [0.29, 0.717) is 0 Å². The second kappa shape index (κ2) is 3.18. The van der Waals surface area contributed by atoms with E-state index in [4.69, 9.17) is 0 Å². The first kappa shape index (κ1) is 11.6. The second-order valence-corrected chi connectivity index (χ2v) is 6.97. The summed E-state index contributed by atoms with van der Waals surface area (Å²) in [4.78, 5) is -0.185. The third kappa shape index (κ3) is 2.94. The first-order valence-electron chi connectivity index (χ1n) is 3.14. The molecule has 0 spiro atoms. The Hall–Kier alpha value is -0.360. The molecule has 0 heterocycles. The lowest BCUT2D eigenvalue weighted by Gasteiger charge is -2.02. The van der Waals surface area contributed by atoms with Crippen LogP contribution in [0, 0.1) is 0 Å². The molecule has 12 heavy (non-hydrogen) atoms. The minimum absolute atomic E-state index is 0.0926. The summed E-state index contributed by atoms with van der Waals surface area (Å²) < 4.78 is 43.6. The van der Waals surface area contributed by atoms with E-state index in [1.54, 1.807) is 0 Å². The van der Waals surface area contributed by atoms with Crippen LogP contribution >= 0.6 is 0 Å². The number of rotatable bonds is 2. The van der Waals surface area contributed by atoms with Crippen molar-refractivity contribution in [2.75, 3.05) is 12.5 Å². The van der Waals surface area contributed by atoms with Gasteiger partial charge >= 0.3 is 0 Å². The van der Waals surface area contributed by atoms with Gasteiger partial charge in [0.25, 0.3) is 0 Å². The van der Waals surface area contributed by atoms with Gasteiger partial charge in [-0.15, -0.1) is 0 Å². The fourth-order valence-electron chi connectivity index (χ4n) is 0.522. The third-order valence-corrected chi connectivity index (χ3v) is 4.57. The second-order valence-electron chi connectivity index (χ2n) is 2.66. The van der Waals surface area contributed by atoms with Gasteiger partial charge in [-0.3, -0.25) is 0 Å². The minimum atomic E-state index is -3.38. The van der Waals surface area contributed by atoms with Gasteiger partial charge in [0.05, 0.1) is 9.81 Å². The summed E-state index contributed by atoms with van der Waals surface area (Å²) in [6.07, 6.45) is 1.97. The molecule has 0 aromatic rings. The number of allylic oxidation sites excluding steroid dienone is 2. The van der Waals surface area contributed by atoms with Crippen molar-refractivity contribution in [3.05, 3.63) is 9.81 Å². The molecular weight excluding hydrogens is 200 g/mol. The zero-order chi connectivity index (χ0) is 10.2. The molecule has 0 amide bonds. The molecule has 0 radical (unpaired) electrons. The molecule has 0 N–H and O–H groups in total. The molecule has 0 aliphatic carbocycles. The lowest BCUT2D eigenvalue weighted by molar-refractivity contribution is 0.602. The van der Waals surface area contributed by atoms with Crippen LogP contribution < -0.4 is 0 Å². The molecule has 0 saturated heterocycles. The Kier molecular flexibility index (Phi) is 3.08. The fraction of sp³-hybridized carbons (Fsp3) is 0.667. The van der Waals surface area contributed by atoms with Crippen LogP contribution in [0.3, 0.4) is 0 Å². The van der Waals surface area contributed by atoms with Crippen LogP contribution in [0.4, 0.5) is 0 Å². The maximum atomic E-state index is 10.9. The van der Waals surface area contributed by atoms with Crippen molar-refractivity contribution in [2.45, 2.75) is 13.8 Å². The van der Waals surface area contributed by atoms with Crippen molar-refractivity contribution in [3.8, 4) is 0 Å². The molecule has 0 aliphatic heterocycles. The topological polar surface area (TPSA) is 68.3 Å². The molecule has 0 saturated carbocycles. The van der Waals surface area contributed by atoms with Gasteiger partial charge in [0.1, 0.15) is 0 Å². The van der Waals surface area contributed by atoms with Crippen LogP contribution in [0.2, 0.25) is 0 Å². The predicted molar refractivity (Wildman–Crippen MR) is 48.1 cm³/mol. The SMILES string of the molecule is C/C(=C(\C)S(C)(=O)=O)S(C)(=O)=O. The third-order valence-electron chi connectivity index (χ3n) is 1.61. The molecule has 0 unspecified atom stereocenters. The monoisotopic (exact) mass is 212 g/mol. The van der Waals surface area contributed by atoms with E-state index in [1.807, 2.05) is 0 Å². The molecule has 6 heteroatoms. The number of hydrogen-bond acceptors (Lipinski definition) is 4. The predicted octanol–water partition coefficient (Wildman–Crippen LogP) is 0.327. The highest BCUT2D eigenvalue weighted by Crippen LogP contribution is 2.14. The summed E-state index contributed by atoms with van der Waals surface area (Å²) in [6.45, 7) is 2.57. The fourth-order valence-corrected chi connectivity index (χ4v) is 2.47. The van der Waals surface area contributed by atoms with Gasteiger partial charge in [-0.2, -0.15) is 0 Å². The summed E-state index contributed by atoms with van der Waals surface area (Å²) in [6, 6.07) is 0. The number of sulfone groups is 2. The van der Waals surface area contributed by atoms with Gasteiger partial charge < -0.3 is 0 Å². The molecule has 0 aromatic carbocycles. The van der Waals surface area contributed by atoms with Gasteiger partial charge in [-0.25, -0.2) is 16.8 Å². The molecule has 0 fully saturated rings. The normalized spacial score (nSPS) is 15.7. The van der Waals surface area contributed by atoms with Crippen LogP contribution in [-0.4, -0.2) is 29.3 Å². The summed E-state index contributed by atoms with van der Waals surface area (Å²) >= 11 is 0.